The van der Waals surface area contributed by atoms with Crippen LogP contribution in [0.3, 0.4) is 0 Å². The lowest BCUT2D eigenvalue weighted by Crippen LogP contribution is -2.25. The van der Waals surface area contributed by atoms with E-state index >= 15 is 0 Å². The van der Waals surface area contributed by atoms with Crippen LogP contribution in [0.5, 0.6) is 0 Å². The van der Waals surface area contributed by atoms with E-state index in [-0.39, 0.29) is 5.91 Å². The van der Waals surface area contributed by atoms with E-state index in [2.05, 4.69) is 23.5 Å². The normalized spacial score (nSPS) is 11.0. The molecule has 0 saturated heterocycles. The second-order valence-electron chi connectivity index (χ2n) is 5.29. The van der Waals surface area contributed by atoms with Crippen LogP contribution in [-0.4, -0.2) is 49.7 Å². The van der Waals surface area contributed by atoms with Gasteiger partial charge >= 0.3 is 0 Å². The molecule has 0 radical (unpaired) electrons. The molecule has 21 heavy (non-hydrogen) atoms. The molecule has 2 aromatic rings. The average molecular weight is 289 g/mol. The SMILES string of the molecule is COCCNCc1ccc2ccn(CC(=O)N(C)C)c2c1. The molecule has 0 aliphatic heterocycles. The van der Waals surface area contributed by atoms with Crippen molar-refractivity contribution in [2.75, 3.05) is 34.4 Å². The summed E-state index contributed by atoms with van der Waals surface area (Å²) in [5, 5.41) is 4.48. The summed E-state index contributed by atoms with van der Waals surface area (Å²) in [5.41, 5.74) is 2.30. The lowest BCUT2D eigenvalue weighted by molar-refractivity contribution is -0.129. The first kappa shape index (κ1) is 15.5. The number of carbonyl (C=O) groups is 1. The number of aromatic nitrogens is 1. The Morgan fingerprint density at radius 3 is 2.86 bits per heavy atom. The summed E-state index contributed by atoms with van der Waals surface area (Å²) in [4.78, 5) is 13.5. The summed E-state index contributed by atoms with van der Waals surface area (Å²) < 4.78 is 7.01. The fourth-order valence-electron chi connectivity index (χ4n) is 2.17. The van der Waals surface area contributed by atoms with Gasteiger partial charge in [0.05, 0.1) is 6.61 Å². The van der Waals surface area contributed by atoms with Crippen LogP contribution in [-0.2, 0) is 22.6 Å². The molecule has 1 N–H and O–H groups in total. The van der Waals surface area contributed by atoms with Crippen LogP contribution in [0, 0.1) is 0 Å². The van der Waals surface area contributed by atoms with Gasteiger partial charge in [0.1, 0.15) is 6.54 Å². The molecule has 0 spiro atoms. The number of rotatable bonds is 7. The summed E-state index contributed by atoms with van der Waals surface area (Å²) in [5.74, 6) is 0.0936. The molecule has 1 heterocycles. The molecule has 0 fully saturated rings. The number of ether oxygens (including phenoxy) is 1. The number of hydrogen-bond acceptors (Lipinski definition) is 3. The molecular formula is C16H23N3O2. The molecular weight excluding hydrogens is 266 g/mol. The number of hydrogen-bond donors (Lipinski definition) is 1. The average Bonchev–Trinajstić information content (AvgIpc) is 2.86. The summed E-state index contributed by atoms with van der Waals surface area (Å²) >= 11 is 0. The van der Waals surface area contributed by atoms with Crippen molar-refractivity contribution in [3.05, 3.63) is 36.0 Å². The first-order chi connectivity index (χ1) is 10.1. The first-order valence-electron chi connectivity index (χ1n) is 7.09. The van der Waals surface area contributed by atoms with Crippen molar-refractivity contribution >= 4 is 16.8 Å². The lowest BCUT2D eigenvalue weighted by Gasteiger charge is -2.12. The van der Waals surface area contributed by atoms with Gasteiger partial charge in [0, 0.05) is 46.0 Å². The van der Waals surface area contributed by atoms with Crippen molar-refractivity contribution in [3.8, 4) is 0 Å². The van der Waals surface area contributed by atoms with Gasteiger partial charge in [-0.25, -0.2) is 0 Å². The Kier molecular flexibility index (Phi) is 5.36. The highest BCUT2D eigenvalue weighted by Crippen LogP contribution is 2.18. The minimum absolute atomic E-state index is 0.0936. The molecule has 1 aromatic heterocycles. The van der Waals surface area contributed by atoms with Crippen molar-refractivity contribution in [1.29, 1.82) is 0 Å². The molecule has 2 rings (SSSR count). The van der Waals surface area contributed by atoms with Gasteiger partial charge in [-0.15, -0.1) is 0 Å². The summed E-state index contributed by atoms with van der Waals surface area (Å²) in [7, 11) is 5.25. The zero-order valence-corrected chi connectivity index (χ0v) is 12.9. The number of carbonyl (C=O) groups excluding carboxylic acids is 1. The van der Waals surface area contributed by atoms with Gasteiger partial charge < -0.3 is 19.5 Å². The molecule has 0 saturated carbocycles. The lowest BCUT2D eigenvalue weighted by atomic mass is 10.1. The summed E-state index contributed by atoms with van der Waals surface area (Å²) in [6.07, 6.45) is 1.97. The van der Waals surface area contributed by atoms with Crippen LogP contribution in [0.15, 0.2) is 30.5 Å². The Labute approximate surface area is 125 Å². The number of benzene rings is 1. The number of likely N-dealkylation sites (N-methyl/N-ethyl adjacent to an activating group) is 1. The predicted molar refractivity (Wildman–Crippen MR) is 84.2 cm³/mol. The third-order valence-electron chi connectivity index (χ3n) is 3.45. The maximum absolute atomic E-state index is 11.9. The van der Waals surface area contributed by atoms with Crippen molar-refractivity contribution in [3.63, 3.8) is 0 Å². The van der Waals surface area contributed by atoms with Crippen LogP contribution in [0.1, 0.15) is 5.56 Å². The van der Waals surface area contributed by atoms with Gasteiger partial charge in [-0.3, -0.25) is 4.79 Å². The van der Waals surface area contributed by atoms with Crippen molar-refractivity contribution in [2.45, 2.75) is 13.1 Å². The van der Waals surface area contributed by atoms with Crippen LogP contribution in [0.25, 0.3) is 10.9 Å². The van der Waals surface area contributed by atoms with Crippen molar-refractivity contribution < 1.29 is 9.53 Å². The molecule has 5 heteroatoms. The number of methoxy groups -OCH3 is 1. The zero-order valence-electron chi connectivity index (χ0n) is 12.9. The summed E-state index contributed by atoms with van der Waals surface area (Å²) in [6, 6.07) is 8.39. The highest BCUT2D eigenvalue weighted by molar-refractivity contribution is 5.83. The second kappa shape index (κ2) is 7.24. The van der Waals surface area contributed by atoms with Crippen LogP contribution >= 0.6 is 0 Å². The predicted octanol–water partition coefficient (Wildman–Crippen LogP) is 1.47. The zero-order chi connectivity index (χ0) is 15.2. The molecule has 0 bridgehead atoms. The van der Waals surface area contributed by atoms with E-state index in [0.29, 0.717) is 13.2 Å². The largest absolute Gasteiger partial charge is 0.383 e. The Morgan fingerprint density at radius 1 is 1.33 bits per heavy atom. The van der Waals surface area contributed by atoms with Gasteiger partial charge in [-0.1, -0.05) is 12.1 Å². The van der Waals surface area contributed by atoms with Gasteiger partial charge in [0.15, 0.2) is 0 Å². The third kappa shape index (κ3) is 4.06. The quantitative estimate of drug-likeness (QED) is 0.785. The third-order valence-corrected chi connectivity index (χ3v) is 3.45. The smallest absolute Gasteiger partial charge is 0.241 e. The molecule has 114 valence electrons. The number of nitrogens with zero attached hydrogens (tertiary/aromatic N) is 2. The van der Waals surface area contributed by atoms with Gasteiger partial charge in [-0.2, -0.15) is 0 Å². The topological polar surface area (TPSA) is 46.5 Å². The Morgan fingerprint density at radius 2 is 2.14 bits per heavy atom. The van der Waals surface area contributed by atoms with Gasteiger partial charge in [0.25, 0.3) is 0 Å². The monoisotopic (exact) mass is 289 g/mol. The molecule has 5 nitrogen and oxygen atoms in total. The number of fused-ring (bicyclic) bond motifs is 1. The number of nitrogens with one attached hydrogen (secondary N) is 1. The molecule has 0 atom stereocenters. The first-order valence-corrected chi connectivity index (χ1v) is 7.09. The maximum atomic E-state index is 11.9. The number of amides is 1. The van der Waals surface area contributed by atoms with E-state index in [4.69, 9.17) is 4.74 Å². The second-order valence-corrected chi connectivity index (χ2v) is 5.29. The molecule has 0 aliphatic rings. The minimum Gasteiger partial charge on any atom is -0.383 e. The van der Waals surface area contributed by atoms with Crippen molar-refractivity contribution in [1.82, 2.24) is 14.8 Å². The fraction of sp³-hybridized carbons (Fsp3) is 0.438. The van der Waals surface area contributed by atoms with E-state index in [1.807, 2.05) is 16.8 Å². The summed E-state index contributed by atoms with van der Waals surface area (Å²) in [6.45, 7) is 2.70. The Balaban J connectivity index is 2.11. The van der Waals surface area contributed by atoms with E-state index in [1.54, 1.807) is 26.1 Å². The molecule has 1 amide bonds. The van der Waals surface area contributed by atoms with E-state index in [9.17, 15) is 4.79 Å². The van der Waals surface area contributed by atoms with Gasteiger partial charge in [-0.05, 0) is 23.1 Å². The molecule has 0 aliphatic carbocycles. The van der Waals surface area contributed by atoms with E-state index in [1.165, 1.54) is 5.56 Å². The minimum atomic E-state index is 0.0936. The Hall–Kier alpha value is -1.85. The highest BCUT2D eigenvalue weighted by atomic mass is 16.5. The molecule has 0 unspecified atom stereocenters. The van der Waals surface area contributed by atoms with Crippen LogP contribution in [0.4, 0.5) is 0 Å². The standard InChI is InChI=1S/C16H23N3O2/c1-18(2)16(20)12-19-8-6-14-5-4-13(10-15(14)19)11-17-7-9-21-3/h4-6,8,10,17H,7,9,11-12H2,1-3H3. The maximum Gasteiger partial charge on any atom is 0.241 e. The van der Waals surface area contributed by atoms with Crippen LogP contribution in [0.2, 0.25) is 0 Å². The van der Waals surface area contributed by atoms with E-state index in [0.717, 1.165) is 24.0 Å². The Bertz CT molecular complexity index is 605. The highest BCUT2D eigenvalue weighted by Gasteiger charge is 2.08. The van der Waals surface area contributed by atoms with Crippen LogP contribution < -0.4 is 5.32 Å². The van der Waals surface area contributed by atoms with Gasteiger partial charge in [0.2, 0.25) is 5.91 Å². The van der Waals surface area contributed by atoms with E-state index < -0.39 is 0 Å². The molecule has 1 aromatic carbocycles. The van der Waals surface area contributed by atoms with Crippen molar-refractivity contribution in [2.24, 2.45) is 0 Å². The fourth-order valence-corrected chi connectivity index (χ4v) is 2.17.